The molecule has 6 unspecified atom stereocenters. The maximum Gasteiger partial charge on any atom is 0.0130 e. The van der Waals surface area contributed by atoms with Crippen LogP contribution in [0.5, 0.6) is 0 Å². The zero-order valence-electron chi connectivity index (χ0n) is 23.5. The maximum absolute atomic E-state index is 4.20. The molecule has 1 saturated carbocycles. The quantitative estimate of drug-likeness (QED) is 0.254. The Kier molecular flexibility index (Phi) is 10.4. The number of hydrogen-bond donors (Lipinski definition) is 1. The first-order valence-electron chi connectivity index (χ1n) is 13.5. The van der Waals surface area contributed by atoms with Crippen LogP contribution in [0.4, 0.5) is 0 Å². The molecule has 1 N–H and O–H groups in total. The van der Waals surface area contributed by atoms with Gasteiger partial charge in [-0.05, 0) is 77.9 Å². The van der Waals surface area contributed by atoms with E-state index in [1.165, 1.54) is 51.4 Å². The van der Waals surface area contributed by atoms with Gasteiger partial charge in [0, 0.05) is 12.6 Å². The Labute approximate surface area is 197 Å². The topological polar surface area (TPSA) is 12.0 Å². The molecule has 1 aliphatic carbocycles. The molecule has 0 bridgehead atoms. The van der Waals surface area contributed by atoms with Gasteiger partial charge in [-0.15, -0.1) is 6.58 Å². The van der Waals surface area contributed by atoms with Gasteiger partial charge >= 0.3 is 0 Å². The Hall–Kier alpha value is -0.300. The Bertz CT molecular complexity index is 543. The molecule has 0 radical (unpaired) electrons. The highest BCUT2D eigenvalue weighted by atomic mass is 15.0. The minimum absolute atomic E-state index is 0.277. The van der Waals surface area contributed by atoms with E-state index in [9.17, 15) is 0 Å². The van der Waals surface area contributed by atoms with Crippen LogP contribution in [0.1, 0.15) is 128 Å². The second-order valence-electron chi connectivity index (χ2n) is 13.5. The summed E-state index contributed by atoms with van der Waals surface area (Å²) in [6, 6.07) is 0.707. The van der Waals surface area contributed by atoms with Gasteiger partial charge in [-0.2, -0.15) is 0 Å². The Morgan fingerprint density at radius 2 is 1.61 bits per heavy atom. The highest BCUT2D eigenvalue weighted by Crippen LogP contribution is 2.52. The van der Waals surface area contributed by atoms with Crippen LogP contribution < -0.4 is 5.32 Å². The molecule has 0 saturated heterocycles. The summed E-state index contributed by atoms with van der Waals surface area (Å²) in [6.45, 7) is 32.1. The van der Waals surface area contributed by atoms with E-state index < -0.39 is 0 Å². The van der Waals surface area contributed by atoms with Crippen molar-refractivity contribution in [3.8, 4) is 0 Å². The summed E-state index contributed by atoms with van der Waals surface area (Å²) in [5.41, 5.74) is 1.54. The molecule has 0 heterocycles. The zero-order chi connectivity index (χ0) is 24.1. The van der Waals surface area contributed by atoms with Crippen molar-refractivity contribution >= 4 is 0 Å². The summed E-state index contributed by atoms with van der Waals surface area (Å²) >= 11 is 0. The lowest BCUT2D eigenvalue weighted by atomic mass is 9.67. The smallest absolute Gasteiger partial charge is 0.0130 e. The lowest BCUT2D eigenvalue weighted by Crippen LogP contribution is -2.40. The van der Waals surface area contributed by atoms with Crippen LogP contribution in [0.15, 0.2) is 12.7 Å². The van der Waals surface area contributed by atoms with Gasteiger partial charge in [-0.1, -0.05) is 95.1 Å². The molecular formula is C30H59N. The van der Waals surface area contributed by atoms with Crippen molar-refractivity contribution in [3.63, 3.8) is 0 Å². The van der Waals surface area contributed by atoms with Crippen molar-refractivity contribution in [1.29, 1.82) is 0 Å². The third kappa shape index (κ3) is 7.90. The van der Waals surface area contributed by atoms with Crippen LogP contribution >= 0.6 is 0 Å². The largest absolute Gasteiger partial charge is 0.313 e. The summed E-state index contributed by atoms with van der Waals surface area (Å²) in [5, 5.41) is 4.04. The highest BCUT2D eigenvalue weighted by molar-refractivity contribution is 5.07. The van der Waals surface area contributed by atoms with E-state index in [1.54, 1.807) is 0 Å². The fourth-order valence-electron chi connectivity index (χ4n) is 5.71. The van der Waals surface area contributed by atoms with E-state index in [2.05, 4.69) is 94.1 Å². The lowest BCUT2D eigenvalue weighted by molar-refractivity contribution is 0.119. The third-order valence-electron chi connectivity index (χ3n) is 9.79. The van der Waals surface area contributed by atoms with E-state index in [0.717, 1.165) is 24.3 Å². The van der Waals surface area contributed by atoms with Crippen LogP contribution in [0.2, 0.25) is 0 Å². The first-order valence-corrected chi connectivity index (χ1v) is 13.5. The summed E-state index contributed by atoms with van der Waals surface area (Å²) < 4.78 is 0. The first kappa shape index (κ1) is 28.7. The Balaban J connectivity index is 2.88. The van der Waals surface area contributed by atoms with Gasteiger partial charge in [-0.3, -0.25) is 0 Å². The SMILES string of the molecule is C=CC(C)(CCC)CCC(C)(CNC1CC1(C)C(C)C)C(C)CCC(CC)C(C)(C)C. The average Bonchev–Trinajstić information content (AvgIpc) is 3.36. The predicted molar refractivity (Wildman–Crippen MR) is 142 cm³/mol. The van der Waals surface area contributed by atoms with Gasteiger partial charge in [0.15, 0.2) is 0 Å². The maximum atomic E-state index is 4.20. The van der Waals surface area contributed by atoms with E-state index in [0.29, 0.717) is 22.3 Å². The van der Waals surface area contributed by atoms with Gasteiger partial charge in [0.2, 0.25) is 0 Å². The first-order chi connectivity index (χ1) is 14.2. The van der Waals surface area contributed by atoms with Crippen LogP contribution in [0.3, 0.4) is 0 Å². The van der Waals surface area contributed by atoms with E-state index in [4.69, 9.17) is 0 Å². The average molecular weight is 434 g/mol. The van der Waals surface area contributed by atoms with Gasteiger partial charge < -0.3 is 5.32 Å². The molecule has 1 heteroatoms. The molecule has 31 heavy (non-hydrogen) atoms. The van der Waals surface area contributed by atoms with E-state index >= 15 is 0 Å². The van der Waals surface area contributed by atoms with Gasteiger partial charge in [0.1, 0.15) is 0 Å². The van der Waals surface area contributed by atoms with Crippen molar-refractivity contribution in [2.75, 3.05) is 6.54 Å². The Morgan fingerprint density at radius 1 is 1.00 bits per heavy atom. The molecule has 0 aromatic carbocycles. The second kappa shape index (κ2) is 11.2. The van der Waals surface area contributed by atoms with Crippen molar-refractivity contribution in [1.82, 2.24) is 5.32 Å². The number of allylic oxidation sites excluding steroid dienone is 1. The van der Waals surface area contributed by atoms with E-state index in [1.807, 2.05) is 0 Å². The van der Waals surface area contributed by atoms with Gasteiger partial charge in [0.05, 0.1) is 0 Å². The van der Waals surface area contributed by atoms with Crippen LogP contribution in [-0.4, -0.2) is 12.6 Å². The molecule has 6 atom stereocenters. The summed E-state index contributed by atoms with van der Waals surface area (Å²) in [5.74, 6) is 2.31. The second-order valence-corrected chi connectivity index (χ2v) is 13.5. The molecule has 0 spiro atoms. The molecule has 0 aromatic heterocycles. The summed E-state index contributed by atoms with van der Waals surface area (Å²) in [4.78, 5) is 0. The molecular weight excluding hydrogens is 374 g/mol. The minimum atomic E-state index is 0.277. The molecule has 1 fully saturated rings. The third-order valence-corrected chi connectivity index (χ3v) is 9.79. The Morgan fingerprint density at radius 3 is 2.03 bits per heavy atom. The number of nitrogens with one attached hydrogen (secondary N) is 1. The highest BCUT2D eigenvalue weighted by Gasteiger charge is 2.52. The van der Waals surface area contributed by atoms with Crippen molar-refractivity contribution in [2.45, 2.75) is 134 Å². The predicted octanol–water partition coefficient (Wildman–Crippen LogP) is 9.28. The van der Waals surface area contributed by atoms with Crippen molar-refractivity contribution in [3.05, 3.63) is 12.7 Å². The van der Waals surface area contributed by atoms with Crippen LogP contribution in [0.25, 0.3) is 0 Å². The van der Waals surface area contributed by atoms with Crippen molar-refractivity contribution < 1.29 is 0 Å². The van der Waals surface area contributed by atoms with Crippen LogP contribution in [0, 0.1) is 39.4 Å². The van der Waals surface area contributed by atoms with Gasteiger partial charge in [-0.25, -0.2) is 0 Å². The number of rotatable bonds is 15. The molecule has 0 amide bonds. The van der Waals surface area contributed by atoms with E-state index in [-0.39, 0.29) is 5.41 Å². The fourth-order valence-corrected chi connectivity index (χ4v) is 5.71. The zero-order valence-corrected chi connectivity index (χ0v) is 23.5. The number of hydrogen-bond acceptors (Lipinski definition) is 1. The lowest BCUT2D eigenvalue weighted by Gasteiger charge is -2.41. The molecule has 0 aromatic rings. The van der Waals surface area contributed by atoms with Gasteiger partial charge in [0.25, 0.3) is 0 Å². The fraction of sp³-hybridized carbons (Fsp3) is 0.933. The standard InChI is InChI=1S/C30H59N/c1-13-18-28(10,15-3)19-20-29(11,22-31-26-21-30(26,12)23(4)5)24(6)16-17-25(14-2)27(7,8)9/h15,23-26,31H,3,13-14,16-22H2,1-2,4-12H3. The van der Waals surface area contributed by atoms with Crippen molar-refractivity contribution in [2.24, 2.45) is 39.4 Å². The molecule has 1 aliphatic rings. The summed E-state index contributed by atoms with van der Waals surface area (Å²) in [7, 11) is 0. The normalized spacial score (nSPS) is 27.4. The molecule has 0 aliphatic heterocycles. The molecule has 184 valence electrons. The minimum Gasteiger partial charge on any atom is -0.313 e. The summed E-state index contributed by atoms with van der Waals surface area (Å²) in [6.07, 6.45) is 12.6. The monoisotopic (exact) mass is 433 g/mol. The van der Waals surface area contributed by atoms with Crippen LogP contribution in [-0.2, 0) is 0 Å². The molecule has 1 rings (SSSR count). The molecule has 1 nitrogen and oxygen atoms in total.